The predicted octanol–water partition coefficient (Wildman–Crippen LogP) is 2.52. The van der Waals surface area contributed by atoms with Crippen LogP contribution in [0.25, 0.3) is 0 Å². The van der Waals surface area contributed by atoms with Crippen LogP contribution in [0, 0.1) is 6.92 Å². The normalized spacial score (nSPS) is 26.2. The number of amides is 2. The predicted molar refractivity (Wildman–Crippen MR) is 91.7 cm³/mol. The molecule has 0 bridgehead atoms. The molecule has 3 rings (SSSR count). The summed E-state index contributed by atoms with van der Waals surface area (Å²) < 4.78 is 27.5. The molecule has 2 fully saturated rings. The first-order chi connectivity index (χ1) is 12.2. The number of carbonyl (C=O) groups excluding carboxylic acids is 2. The van der Waals surface area contributed by atoms with Crippen molar-refractivity contribution in [3.63, 3.8) is 0 Å². The van der Waals surface area contributed by atoms with Crippen molar-refractivity contribution in [1.29, 1.82) is 0 Å². The summed E-state index contributed by atoms with van der Waals surface area (Å²) in [6, 6.07) is 1.30. The summed E-state index contributed by atoms with van der Waals surface area (Å²) in [5, 5.41) is 4.06. The molecule has 8 heteroatoms. The smallest absolute Gasteiger partial charge is 0.280 e. The number of hydrogen-bond donors (Lipinski definition) is 0. The van der Waals surface area contributed by atoms with Crippen molar-refractivity contribution < 1.29 is 18.4 Å². The highest BCUT2D eigenvalue weighted by molar-refractivity contribution is 5.78. The molecule has 0 N–H and O–H groups in total. The molecule has 0 radical (unpaired) electrons. The van der Waals surface area contributed by atoms with E-state index in [9.17, 15) is 18.4 Å². The second-order valence-corrected chi connectivity index (χ2v) is 7.55. The van der Waals surface area contributed by atoms with E-state index in [1.807, 2.05) is 11.8 Å². The molecule has 0 spiro atoms. The van der Waals surface area contributed by atoms with Crippen LogP contribution >= 0.6 is 0 Å². The number of alkyl halides is 2. The number of aromatic nitrogens is 2. The number of halogens is 2. The number of piperidine rings is 2. The van der Waals surface area contributed by atoms with Gasteiger partial charge in [-0.1, -0.05) is 0 Å². The Morgan fingerprint density at radius 1 is 1.35 bits per heavy atom. The molecule has 2 atom stereocenters. The van der Waals surface area contributed by atoms with Gasteiger partial charge in [0.2, 0.25) is 11.8 Å². The fourth-order valence-corrected chi connectivity index (χ4v) is 4.61. The molecule has 0 saturated carbocycles. The molecule has 1 aromatic rings. The maximum atomic E-state index is 13.2. The summed E-state index contributed by atoms with van der Waals surface area (Å²) >= 11 is 0. The molecule has 26 heavy (non-hydrogen) atoms. The van der Waals surface area contributed by atoms with Crippen LogP contribution in [-0.4, -0.2) is 56.1 Å². The lowest BCUT2D eigenvalue weighted by Gasteiger charge is -2.56. The highest BCUT2D eigenvalue weighted by Crippen LogP contribution is 2.39. The zero-order chi connectivity index (χ0) is 19.1. The second kappa shape index (κ2) is 6.96. The third kappa shape index (κ3) is 3.21. The van der Waals surface area contributed by atoms with Crippen LogP contribution in [0.3, 0.4) is 0 Å². The van der Waals surface area contributed by atoms with Gasteiger partial charge in [-0.2, -0.15) is 5.10 Å². The maximum Gasteiger partial charge on any atom is 0.280 e. The van der Waals surface area contributed by atoms with Crippen molar-refractivity contribution in [3.8, 4) is 0 Å². The van der Waals surface area contributed by atoms with E-state index in [1.165, 1.54) is 6.07 Å². The van der Waals surface area contributed by atoms with E-state index in [0.29, 0.717) is 18.8 Å². The highest BCUT2D eigenvalue weighted by atomic mass is 19.3. The fraction of sp³-hybridized carbons (Fsp3) is 0.722. The summed E-state index contributed by atoms with van der Waals surface area (Å²) in [6.07, 6.45) is 0.641. The second-order valence-electron chi connectivity index (χ2n) is 7.55. The van der Waals surface area contributed by atoms with Gasteiger partial charge < -0.3 is 9.80 Å². The summed E-state index contributed by atoms with van der Waals surface area (Å²) in [7, 11) is 0. The average Bonchev–Trinajstić information content (AvgIpc) is 2.93. The standard InChI is InChI=1S/C18H26F2N4O2/c1-12-10-14(17(19)20)24(21-12)11-16(26)23-9-4-6-15-18(23,3)7-5-8-22(15)13(2)25/h10,15,17H,4-9,11H2,1-3H3/t15-,18-/m0/s1. The number of likely N-dealkylation sites (tertiary alicyclic amines) is 2. The Balaban J connectivity index is 1.84. The Labute approximate surface area is 152 Å². The maximum absolute atomic E-state index is 13.2. The van der Waals surface area contributed by atoms with E-state index in [1.54, 1.807) is 18.7 Å². The molecular formula is C18H26F2N4O2. The molecule has 1 aromatic heterocycles. The average molecular weight is 368 g/mol. The minimum atomic E-state index is -2.67. The van der Waals surface area contributed by atoms with Gasteiger partial charge in [0.25, 0.3) is 6.43 Å². The number of fused-ring (bicyclic) bond motifs is 1. The minimum absolute atomic E-state index is 0.0135. The summed E-state index contributed by atoms with van der Waals surface area (Å²) in [5.41, 5.74) is -0.216. The zero-order valence-electron chi connectivity index (χ0n) is 15.5. The Hall–Kier alpha value is -1.99. The van der Waals surface area contributed by atoms with Gasteiger partial charge in [0.1, 0.15) is 12.2 Å². The van der Waals surface area contributed by atoms with E-state index in [-0.39, 0.29) is 30.1 Å². The molecule has 3 heterocycles. The van der Waals surface area contributed by atoms with Crippen molar-refractivity contribution in [2.45, 2.75) is 71.0 Å². The van der Waals surface area contributed by atoms with Crippen LogP contribution < -0.4 is 0 Å². The van der Waals surface area contributed by atoms with Crippen LogP contribution in [0.1, 0.15) is 57.3 Å². The first-order valence-electron chi connectivity index (χ1n) is 9.14. The van der Waals surface area contributed by atoms with Crippen molar-refractivity contribution in [1.82, 2.24) is 19.6 Å². The lowest BCUT2D eigenvalue weighted by Crippen LogP contribution is -2.68. The molecule has 2 saturated heterocycles. The SMILES string of the molecule is CC(=O)N1CCC[C@@]2(C)[C@@H]1CCCN2C(=O)Cn1nc(C)cc1C(F)F. The van der Waals surface area contributed by atoms with Crippen molar-refractivity contribution in [3.05, 3.63) is 17.5 Å². The molecule has 144 valence electrons. The van der Waals surface area contributed by atoms with E-state index in [2.05, 4.69) is 5.10 Å². The molecule has 6 nitrogen and oxygen atoms in total. The van der Waals surface area contributed by atoms with Crippen molar-refractivity contribution in [2.24, 2.45) is 0 Å². The minimum Gasteiger partial charge on any atom is -0.338 e. The molecule has 2 aliphatic rings. The number of carbonyl (C=O) groups is 2. The summed E-state index contributed by atoms with van der Waals surface area (Å²) in [5.74, 6) is -0.189. The van der Waals surface area contributed by atoms with E-state index >= 15 is 0 Å². The highest BCUT2D eigenvalue weighted by Gasteiger charge is 2.49. The van der Waals surface area contributed by atoms with Gasteiger partial charge in [0.05, 0.1) is 17.3 Å². The quantitative estimate of drug-likeness (QED) is 0.824. The summed E-state index contributed by atoms with van der Waals surface area (Å²) in [4.78, 5) is 28.7. The Morgan fingerprint density at radius 2 is 2.08 bits per heavy atom. The topological polar surface area (TPSA) is 58.4 Å². The van der Waals surface area contributed by atoms with Crippen LogP contribution in [0.5, 0.6) is 0 Å². The first kappa shape index (κ1) is 18.8. The molecule has 0 aromatic carbocycles. The van der Waals surface area contributed by atoms with Gasteiger partial charge in [-0.25, -0.2) is 8.78 Å². The van der Waals surface area contributed by atoms with Crippen LogP contribution in [-0.2, 0) is 16.1 Å². The third-order valence-electron chi connectivity index (χ3n) is 5.80. The third-order valence-corrected chi connectivity index (χ3v) is 5.80. The van der Waals surface area contributed by atoms with Crippen LogP contribution in [0.15, 0.2) is 6.07 Å². The van der Waals surface area contributed by atoms with Gasteiger partial charge in [-0.15, -0.1) is 0 Å². The molecule has 2 aliphatic heterocycles. The van der Waals surface area contributed by atoms with Gasteiger partial charge in [0.15, 0.2) is 0 Å². The van der Waals surface area contributed by atoms with Crippen LogP contribution in [0.2, 0.25) is 0 Å². The molecule has 2 amide bonds. The fourth-order valence-electron chi connectivity index (χ4n) is 4.61. The molecule has 0 aliphatic carbocycles. The Morgan fingerprint density at radius 3 is 2.73 bits per heavy atom. The number of nitrogens with zero attached hydrogens (tertiary/aromatic N) is 4. The van der Waals surface area contributed by atoms with Crippen molar-refractivity contribution in [2.75, 3.05) is 13.1 Å². The monoisotopic (exact) mass is 368 g/mol. The molecule has 0 unspecified atom stereocenters. The van der Waals surface area contributed by atoms with Gasteiger partial charge >= 0.3 is 0 Å². The molecular weight excluding hydrogens is 342 g/mol. The zero-order valence-corrected chi connectivity index (χ0v) is 15.5. The lowest BCUT2D eigenvalue weighted by molar-refractivity contribution is -0.155. The van der Waals surface area contributed by atoms with Gasteiger partial charge in [-0.3, -0.25) is 14.3 Å². The van der Waals surface area contributed by atoms with Gasteiger partial charge in [-0.05, 0) is 45.6 Å². The Bertz CT molecular complexity index is 705. The number of aryl methyl sites for hydroxylation is 1. The van der Waals surface area contributed by atoms with Gasteiger partial charge in [0, 0.05) is 20.0 Å². The summed E-state index contributed by atoms with van der Waals surface area (Å²) in [6.45, 7) is 6.32. The van der Waals surface area contributed by atoms with E-state index in [0.717, 1.165) is 30.4 Å². The van der Waals surface area contributed by atoms with Crippen molar-refractivity contribution >= 4 is 11.8 Å². The Kier molecular flexibility index (Phi) is 5.03. The largest absolute Gasteiger partial charge is 0.338 e. The van der Waals surface area contributed by atoms with E-state index < -0.39 is 12.0 Å². The number of rotatable bonds is 3. The van der Waals surface area contributed by atoms with Crippen LogP contribution in [0.4, 0.5) is 8.78 Å². The lowest BCUT2D eigenvalue weighted by atomic mass is 9.76. The first-order valence-corrected chi connectivity index (χ1v) is 9.14. The van der Waals surface area contributed by atoms with E-state index in [4.69, 9.17) is 0 Å². The number of hydrogen-bond acceptors (Lipinski definition) is 3.